The molecule has 3 N–H and O–H groups in total. The summed E-state index contributed by atoms with van der Waals surface area (Å²) < 4.78 is 0.995. The van der Waals surface area contributed by atoms with Gasteiger partial charge in [0.05, 0.1) is 5.54 Å². The van der Waals surface area contributed by atoms with Gasteiger partial charge in [-0.15, -0.1) is 0 Å². The molecule has 3 nitrogen and oxygen atoms in total. The molecule has 0 fully saturated rings. The number of halogens is 1. The smallest absolute Gasteiger partial charge is 0.129 e. The van der Waals surface area contributed by atoms with Crippen LogP contribution < -0.4 is 11.1 Å². The number of nitrogens with two attached hydrogens (primary N) is 1. The predicted octanol–water partition coefficient (Wildman–Crippen LogP) is 2.94. The third-order valence-electron chi connectivity index (χ3n) is 3.15. The zero-order valence-corrected chi connectivity index (χ0v) is 11.9. The molecular formula is C12H20BrN3. The lowest BCUT2D eigenvalue weighted by Crippen LogP contribution is -2.47. The van der Waals surface area contributed by atoms with Crippen LogP contribution in [0.2, 0.25) is 0 Å². The van der Waals surface area contributed by atoms with E-state index in [0.29, 0.717) is 12.5 Å². The topological polar surface area (TPSA) is 50.9 Å². The average molecular weight is 286 g/mol. The second-order valence-electron chi connectivity index (χ2n) is 4.72. The van der Waals surface area contributed by atoms with E-state index < -0.39 is 0 Å². The number of rotatable bonds is 4. The van der Waals surface area contributed by atoms with Gasteiger partial charge in [0.25, 0.3) is 0 Å². The molecule has 0 aliphatic carbocycles. The summed E-state index contributed by atoms with van der Waals surface area (Å²) in [5, 5.41) is 3.44. The third kappa shape index (κ3) is 2.95. The Kier molecular flexibility index (Phi) is 4.33. The summed E-state index contributed by atoms with van der Waals surface area (Å²) in [5.41, 5.74) is 6.84. The highest BCUT2D eigenvalue weighted by Gasteiger charge is 2.27. The molecule has 1 aromatic heterocycles. The van der Waals surface area contributed by atoms with Gasteiger partial charge in [0.15, 0.2) is 0 Å². The van der Waals surface area contributed by atoms with Crippen LogP contribution in [0.3, 0.4) is 0 Å². The third-order valence-corrected chi connectivity index (χ3v) is 3.58. The van der Waals surface area contributed by atoms with E-state index in [1.54, 1.807) is 6.20 Å². The molecule has 1 atom stereocenters. The van der Waals surface area contributed by atoms with Gasteiger partial charge in [-0.2, -0.15) is 0 Å². The van der Waals surface area contributed by atoms with Crippen molar-refractivity contribution in [3.8, 4) is 0 Å². The van der Waals surface area contributed by atoms with Gasteiger partial charge in [0.1, 0.15) is 5.82 Å². The highest BCUT2D eigenvalue weighted by atomic mass is 79.9. The van der Waals surface area contributed by atoms with Crippen LogP contribution in [0.1, 0.15) is 26.3 Å². The summed E-state index contributed by atoms with van der Waals surface area (Å²) in [4.78, 5) is 4.38. The molecule has 0 amide bonds. The van der Waals surface area contributed by atoms with E-state index in [1.165, 1.54) is 0 Å². The molecule has 0 bridgehead atoms. The van der Waals surface area contributed by atoms with Crippen molar-refractivity contribution >= 4 is 21.7 Å². The van der Waals surface area contributed by atoms with Crippen LogP contribution in [0.15, 0.2) is 16.7 Å². The summed E-state index contributed by atoms with van der Waals surface area (Å²) in [7, 11) is 0. The summed E-state index contributed by atoms with van der Waals surface area (Å²) in [6, 6.07) is 2.05. The largest absolute Gasteiger partial charge is 0.363 e. The van der Waals surface area contributed by atoms with E-state index in [4.69, 9.17) is 5.73 Å². The average Bonchev–Trinajstić information content (AvgIpc) is 2.22. The highest BCUT2D eigenvalue weighted by Crippen LogP contribution is 2.24. The summed E-state index contributed by atoms with van der Waals surface area (Å²) >= 11 is 3.41. The molecule has 1 heterocycles. The minimum atomic E-state index is -0.119. The molecule has 0 aliphatic heterocycles. The SMILES string of the molecule is Cc1cc(Br)cnc1NC(C)(CN)C(C)C. The van der Waals surface area contributed by atoms with Crippen LogP contribution >= 0.6 is 15.9 Å². The number of nitrogens with one attached hydrogen (secondary N) is 1. The molecule has 4 heteroatoms. The van der Waals surface area contributed by atoms with Gasteiger partial charge in [-0.05, 0) is 47.3 Å². The van der Waals surface area contributed by atoms with Gasteiger partial charge in [-0.3, -0.25) is 0 Å². The number of nitrogens with zero attached hydrogens (tertiary/aromatic N) is 1. The molecule has 1 aromatic rings. The fraction of sp³-hybridized carbons (Fsp3) is 0.583. The lowest BCUT2D eigenvalue weighted by molar-refractivity contribution is 0.381. The predicted molar refractivity (Wildman–Crippen MR) is 72.6 cm³/mol. The van der Waals surface area contributed by atoms with E-state index in [9.17, 15) is 0 Å². The quantitative estimate of drug-likeness (QED) is 0.894. The maximum Gasteiger partial charge on any atom is 0.129 e. The Hall–Kier alpha value is -0.610. The molecule has 1 unspecified atom stereocenters. The van der Waals surface area contributed by atoms with Gasteiger partial charge >= 0.3 is 0 Å². The maximum absolute atomic E-state index is 5.84. The van der Waals surface area contributed by atoms with Crippen molar-refractivity contribution in [1.82, 2.24) is 4.98 Å². The number of aromatic nitrogens is 1. The molecule has 90 valence electrons. The zero-order chi connectivity index (χ0) is 12.3. The van der Waals surface area contributed by atoms with Crippen molar-refractivity contribution < 1.29 is 0 Å². The van der Waals surface area contributed by atoms with Gasteiger partial charge in [-0.1, -0.05) is 13.8 Å². The second kappa shape index (κ2) is 5.15. The van der Waals surface area contributed by atoms with Crippen molar-refractivity contribution in [3.63, 3.8) is 0 Å². The van der Waals surface area contributed by atoms with Crippen molar-refractivity contribution in [1.29, 1.82) is 0 Å². The second-order valence-corrected chi connectivity index (χ2v) is 5.64. The lowest BCUT2D eigenvalue weighted by Gasteiger charge is -2.34. The molecule has 0 saturated carbocycles. The van der Waals surface area contributed by atoms with E-state index in [0.717, 1.165) is 15.9 Å². The van der Waals surface area contributed by atoms with Gasteiger partial charge in [0.2, 0.25) is 0 Å². The number of aryl methyl sites for hydroxylation is 1. The number of hydrogen-bond donors (Lipinski definition) is 2. The highest BCUT2D eigenvalue weighted by molar-refractivity contribution is 9.10. The molecule has 0 aromatic carbocycles. The first kappa shape index (κ1) is 13.5. The van der Waals surface area contributed by atoms with Crippen LogP contribution in [-0.4, -0.2) is 17.1 Å². The zero-order valence-electron chi connectivity index (χ0n) is 10.3. The Labute approximate surface area is 106 Å². The Morgan fingerprint density at radius 1 is 1.56 bits per heavy atom. The Bertz CT molecular complexity index is 365. The van der Waals surface area contributed by atoms with Crippen LogP contribution in [0.5, 0.6) is 0 Å². The van der Waals surface area contributed by atoms with E-state index in [-0.39, 0.29) is 5.54 Å². The van der Waals surface area contributed by atoms with Crippen molar-refractivity contribution in [2.75, 3.05) is 11.9 Å². The fourth-order valence-electron chi connectivity index (χ4n) is 1.37. The van der Waals surface area contributed by atoms with Crippen LogP contribution in [0, 0.1) is 12.8 Å². The lowest BCUT2D eigenvalue weighted by atomic mass is 9.88. The monoisotopic (exact) mass is 285 g/mol. The first-order chi connectivity index (χ1) is 7.39. The van der Waals surface area contributed by atoms with Gasteiger partial charge in [0, 0.05) is 17.2 Å². The van der Waals surface area contributed by atoms with Crippen molar-refractivity contribution in [2.45, 2.75) is 33.2 Å². The van der Waals surface area contributed by atoms with Crippen LogP contribution in [-0.2, 0) is 0 Å². The Morgan fingerprint density at radius 2 is 2.19 bits per heavy atom. The molecule has 0 radical (unpaired) electrons. The van der Waals surface area contributed by atoms with E-state index >= 15 is 0 Å². The summed E-state index contributed by atoms with van der Waals surface area (Å²) in [6.07, 6.45) is 1.80. The molecule has 0 aliphatic rings. The molecule has 16 heavy (non-hydrogen) atoms. The maximum atomic E-state index is 5.84. The van der Waals surface area contributed by atoms with Gasteiger partial charge < -0.3 is 11.1 Å². The molecule has 1 rings (SSSR count). The standard InChI is InChI=1S/C12H20BrN3/c1-8(2)12(4,7-14)16-11-9(3)5-10(13)6-15-11/h5-6,8H,7,14H2,1-4H3,(H,15,16). The van der Waals surface area contributed by atoms with Crippen molar-refractivity contribution in [2.24, 2.45) is 11.7 Å². The normalized spacial score (nSPS) is 14.9. The summed E-state index contributed by atoms with van der Waals surface area (Å²) in [5.74, 6) is 1.35. The Balaban J connectivity index is 2.95. The Morgan fingerprint density at radius 3 is 2.62 bits per heavy atom. The van der Waals surface area contributed by atoms with E-state index in [2.05, 4.69) is 47.0 Å². The number of pyridine rings is 1. The molecule has 0 spiro atoms. The van der Waals surface area contributed by atoms with Gasteiger partial charge in [-0.25, -0.2) is 4.98 Å². The molecular weight excluding hydrogens is 266 g/mol. The molecule has 0 saturated heterocycles. The summed E-state index contributed by atoms with van der Waals surface area (Å²) in [6.45, 7) is 9.07. The first-order valence-corrected chi connectivity index (χ1v) is 6.28. The van der Waals surface area contributed by atoms with E-state index in [1.807, 2.05) is 13.0 Å². The van der Waals surface area contributed by atoms with Crippen LogP contribution in [0.25, 0.3) is 0 Å². The number of hydrogen-bond acceptors (Lipinski definition) is 3. The van der Waals surface area contributed by atoms with Crippen molar-refractivity contribution in [3.05, 3.63) is 22.3 Å². The van der Waals surface area contributed by atoms with Crippen LogP contribution in [0.4, 0.5) is 5.82 Å². The first-order valence-electron chi connectivity index (χ1n) is 5.49. The number of anilines is 1. The minimum absolute atomic E-state index is 0.119. The fourth-order valence-corrected chi connectivity index (χ4v) is 1.82. The minimum Gasteiger partial charge on any atom is -0.363 e.